The van der Waals surface area contributed by atoms with Crippen LogP contribution < -0.4 is 10.1 Å². The summed E-state index contributed by atoms with van der Waals surface area (Å²) in [5, 5.41) is 2.79. The molecule has 1 aliphatic rings. The number of carbonyl (C=O) groups is 2. The molecule has 1 atom stereocenters. The normalized spacial score (nSPS) is 17.3. The van der Waals surface area contributed by atoms with E-state index in [0.29, 0.717) is 19.5 Å². The maximum absolute atomic E-state index is 12.5. The zero-order valence-corrected chi connectivity index (χ0v) is 15.5. The van der Waals surface area contributed by atoms with Gasteiger partial charge in [-0.2, -0.15) is 0 Å². The lowest BCUT2D eigenvalue weighted by molar-refractivity contribution is -0.129. The number of nitrogens with one attached hydrogen (secondary N) is 1. The van der Waals surface area contributed by atoms with Gasteiger partial charge >= 0.3 is 6.09 Å². The number of likely N-dealkylation sites (tertiary alicyclic amines) is 1. The van der Waals surface area contributed by atoms with Crippen molar-refractivity contribution in [2.75, 3.05) is 26.7 Å². The molecular weight excluding hydrogens is 320 g/mol. The monoisotopic (exact) mass is 348 g/mol. The second kappa shape index (κ2) is 8.23. The molecule has 0 radical (unpaired) electrons. The van der Waals surface area contributed by atoms with Crippen LogP contribution in [0.3, 0.4) is 0 Å². The molecule has 6 nitrogen and oxygen atoms in total. The molecule has 1 saturated heterocycles. The molecule has 1 N–H and O–H groups in total. The Labute approximate surface area is 149 Å². The second-order valence-electron chi connectivity index (χ2n) is 7.41. The Balaban J connectivity index is 1.77. The summed E-state index contributed by atoms with van der Waals surface area (Å²) in [4.78, 5) is 26.0. The summed E-state index contributed by atoms with van der Waals surface area (Å²) in [7, 11) is 1.61. The van der Waals surface area contributed by atoms with Gasteiger partial charge in [0, 0.05) is 19.6 Å². The summed E-state index contributed by atoms with van der Waals surface area (Å²) in [6.07, 6.45) is 0.844. The lowest BCUT2D eigenvalue weighted by atomic mass is 10.1. The Morgan fingerprint density at radius 3 is 2.76 bits per heavy atom. The molecule has 0 saturated carbocycles. The first-order valence-corrected chi connectivity index (χ1v) is 8.64. The first kappa shape index (κ1) is 19.1. The van der Waals surface area contributed by atoms with Crippen LogP contribution in [0.5, 0.6) is 5.75 Å². The lowest BCUT2D eigenvalue weighted by Gasteiger charge is -2.21. The summed E-state index contributed by atoms with van der Waals surface area (Å²) in [5.74, 6) is 1.13. The average molecular weight is 348 g/mol. The zero-order valence-electron chi connectivity index (χ0n) is 15.5. The fraction of sp³-hybridized carbons (Fsp3) is 0.579. The number of hydrogen-bond donors (Lipinski definition) is 1. The van der Waals surface area contributed by atoms with Crippen molar-refractivity contribution in [3.05, 3.63) is 29.8 Å². The molecule has 1 aromatic carbocycles. The number of alkyl carbamates (subject to hydrolysis) is 1. The van der Waals surface area contributed by atoms with E-state index >= 15 is 0 Å². The van der Waals surface area contributed by atoms with Crippen molar-refractivity contribution in [3.63, 3.8) is 0 Å². The maximum atomic E-state index is 12.5. The first-order chi connectivity index (χ1) is 11.8. The second-order valence-corrected chi connectivity index (χ2v) is 7.41. The van der Waals surface area contributed by atoms with Gasteiger partial charge in [-0.25, -0.2) is 4.79 Å². The van der Waals surface area contributed by atoms with E-state index in [9.17, 15) is 9.59 Å². The van der Waals surface area contributed by atoms with Crippen molar-refractivity contribution in [1.29, 1.82) is 0 Å². The van der Waals surface area contributed by atoms with Gasteiger partial charge in [0.15, 0.2) is 0 Å². The number of nitrogens with zero attached hydrogens (tertiary/aromatic N) is 1. The lowest BCUT2D eigenvalue weighted by Crippen LogP contribution is -2.36. The summed E-state index contributed by atoms with van der Waals surface area (Å²) < 4.78 is 10.4. The highest BCUT2D eigenvalue weighted by atomic mass is 16.6. The van der Waals surface area contributed by atoms with Crippen molar-refractivity contribution in [2.24, 2.45) is 5.92 Å². The molecule has 1 aromatic rings. The number of rotatable bonds is 5. The molecule has 138 valence electrons. The third-order valence-corrected chi connectivity index (χ3v) is 4.06. The van der Waals surface area contributed by atoms with Gasteiger partial charge in [-0.1, -0.05) is 12.1 Å². The largest absolute Gasteiger partial charge is 0.497 e. The molecule has 25 heavy (non-hydrogen) atoms. The van der Waals surface area contributed by atoms with E-state index in [1.165, 1.54) is 0 Å². The summed E-state index contributed by atoms with van der Waals surface area (Å²) >= 11 is 0. The van der Waals surface area contributed by atoms with Crippen LogP contribution in [0.15, 0.2) is 24.3 Å². The molecule has 0 aliphatic carbocycles. The predicted molar refractivity (Wildman–Crippen MR) is 95.6 cm³/mol. The van der Waals surface area contributed by atoms with Gasteiger partial charge in [-0.15, -0.1) is 0 Å². The van der Waals surface area contributed by atoms with E-state index in [4.69, 9.17) is 9.47 Å². The van der Waals surface area contributed by atoms with Crippen molar-refractivity contribution in [3.8, 4) is 5.75 Å². The predicted octanol–water partition coefficient (Wildman–Crippen LogP) is 2.61. The van der Waals surface area contributed by atoms with Crippen LogP contribution in [0.2, 0.25) is 0 Å². The topological polar surface area (TPSA) is 67.9 Å². The van der Waals surface area contributed by atoms with Crippen LogP contribution in [0.4, 0.5) is 4.79 Å². The van der Waals surface area contributed by atoms with Gasteiger partial charge in [0.05, 0.1) is 13.5 Å². The molecule has 1 fully saturated rings. The van der Waals surface area contributed by atoms with Gasteiger partial charge < -0.3 is 19.7 Å². The smallest absolute Gasteiger partial charge is 0.407 e. The van der Waals surface area contributed by atoms with Gasteiger partial charge in [0.1, 0.15) is 11.4 Å². The van der Waals surface area contributed by atoms with Crippen molar-refractivity contribution in [2.45, 2.75) is 39.2 Å². The molecule has 0 spiro atoms. The van der Waals surface area contributed by atoms with Crippen molar-refractivity contribution >= 4 is 12.0 Å². The number of ether oxygens (including phenoxy) is 2. The Morgan fingerprint density at radius 1 is 1.32 bits per heavy atom. The van der Waals surface area contributed by atoms with E-state index in [2.05, 4.69) is 5.32 Å². The van der Waals surface area contributed by atoms with Crippen LogP contribution >= 0.6 is 0 Å². The van der Waals surface area contributed by atoms with Crippen LogP contribution in [0.1, 0.15) is 32.8 Å². The molecule has 0 aromatic heterocycles. The highest BCUT2D eigenvalue weighted by Crippen LogP contribution is 2.19. The van der Waals surface area contributed by atoms with Gasteiger partial charge in [0.25, 0.3) is 0 Å². The molecule has 2 rings (SSSR count). The van der Waals surface area contributed by atoms with E-state index in [1.54, 1.807) is 7.11 Å². The maximum Gasteiger partial charge on any atom is 0.407 e. The molecule has 0 bridgehead atoms. The molecule has 1 aliphatic heterocycles. The van der Waals surface area contributed by atoms with Crippen LogP contribution in [0.25, 0.3) is 0 Å². The first-order valence-electron chi connectivity index (χ1n) is 8.64. The molecule has 2 amide bonds. The quantitative estimate of drug-likeness (QED) is 0.888. The fourth-order valence-electron chi connectivity index (χ4n) is 2.84. The number of methoxy groups -OCH3 is 1. The minimum Gasteiger partial charge on any atom is -0.497 e. The number of benzene rings is 1. The Morgan fingerprint density at radius 2 is 2.08 bits per heavy atom. The average Bonchev–Trinajstić information content (AvgIpc) is 3.00. The summed E-state index contributed by atoms with van der Waals surface area (Å²) in [6, 6.07) is 7.56. The van der Waals surface area contributed by atoms with E-state index in [-0.39, 0.29) is 11.8 Å². The minimum absolute atomic E-state index is 0.105. The SMILES string of the molecule is COc1cccc(CC(=O)N2CC[C@@H](CNC(=O)OC(C)(C)C)C2)c1. The molecule has 0 unspecified atom stereocenters. The standard InChI is InChI=1S/C19H28N2O4/c1-19(2,3)25-18(23)20-12-15-8-9-21(13-15)17(22)11-14-6-5-7-16(10-14)24-4/h5-7,10,15H,8-9,11-13H2,1-4H3,(H,20,23)/t15-/m0/s1. The number of carbonyl (C=O) groups excluding carboxylic acids is 2. The third kappa shape index (κ3) is 6.29. The number of hydrogen-bond acceptors (Lipinski definition) is 4. The zero-order chi connectivity index (χ0) is 18.4. The van der Waals surface area contributed by atoms with Crippen molar-refractivity contribution < 1.29 is 19.1 Å². The molecular formula is C19H28N2O4. The van der Waals surface area contributed by atoms with E-state index in [0.717, 1.165) is 24.3 Å². The summed E-state index contributed by atoms with van der Waals surface area (Å²) in [6.45, 7) is 7.42. The Hall–Kier alpha value is -2.24. The Kier molecular flexibility index (Phi) is 6.28. The van der Waals surface area contributed by atoms with E-state index < -0.39 is 11.7 Å². The minimum atomic E-state index is -0.501. The third-order valence-electron chi connectivity index (χ3n) is 4.06. The van der Waals surface area contributed by atoms with Crippen LogP contribution in [-0.2, 0) is 16.0 Å². The fourth-order valence-corrected chi connectivity index (χ4v) is 2.84. The van der Waals surface area contributed by atoms with Crippen LogP contribution in [-0.4, -0.2) is 49.2 Å². The molecule has 1 heterocycles. The van der Waals surface area contributed by atoms with Crippen LogP contribution in [0, 0.1) is 5.92 Å². The van der Waals surface area contributed by atoms with E-state index in [1.807, 2.05) is 49.9 Å². The highest BCUT2D eigenvalue weighted by Gasteiger charge is 2.27. The highest BCUT2D eigenvalue weighted by molar-refractivity contribution is 5.79. The molecule has 6 heteroatoms. The van der Waals surface area contributed by atoms with Crippen molar-refractivity contribution in [1.82, 2.24) is 10.2 Å². The van der Waals surface area contributed by atoms with Gasteiger partial charge in [0.2, 0.25) is 5.91 Å². The van der Waals surface area contributed by atoms with Gasteiger partial charge in [-0.3, -0.25) is 4.79 Å². The Bertz CT molecular complexity index is 610. The number of amides is 2. The van der Waals surface area contributed by atoms with Gasteiger partial charge in [-0.05, 0) is 50.8 Å². The summed E-state index contributed by atoms with van der Waals surface area (Å²) in [5.41, 5.74) is 0.443.